The number of anilines is 1. The summed E-state index contributed by atoms with van der Waals surface area (Å²) < 4.78 is 12.5. The first-order valence-electron chi connectivity index (χ1n) is 10.3. The van der Waals surface area contributed by atoms with Crippen molar-refractivity contribution in [1.82, 2.24) is 14.9 Å². The molecule has 8 nitrogen and oxygen atoms in total. The van der Waals surface area contributed by atoms with Crippen molar-refractivity contribution in [1.29, 1.82) is 0 Å². The van der Waals surface area contributed by atoms with Crippen molar-refractivity contribution in [2.75, 3.05) is 18.4 Å². The maximum absolute atomic E-state index is 6.13. The lowest BCUT2D eigenvalue weighted by Gasteiger charge is -2.09. The van der Waals surface area contributed by atoms with Gasteiger partial charge in [0.2, 0.25) is 5.16 Å². The second-order valence-corrected chi connectivity index (χ2v) is 8.51. The largest absolute Gasteiger partial charge is 0.497 e. The van der Waals surface area contributed by atoms with Crippen LogP contribution in [0.1, 0.15) is 16.7 Å². The van der Waals surface area contributed by atoms with Gasteiger partial charge in [-0.3, -0.25) is 0 Å². The minimum atomic E-state index is 0.327. The van der Waals surface area contributed by atoms with E-state index in [2.05, 4.69) is 20.7 Å². The van der Waals surface area contributed by atoms with Crippen molar-refractivity contribution in [3.8, 4) is 11.5 Å². The summed E-state index contributed by atoms with van der Waals surface area (Å²) in [5.74, 6) is 8.67. The second-order valence-electron chi connectivity index (χ2n) is 7.14. The van der Waals surface area contributed by atoms with E-state index in [1.807, 2.05) is 72.8 Å². The molecule has 0 unspecified atom stereocenters. The van der Waals surface area contributed by atoms with Crippen LogP contribution in [0.2, 0.25) is 5.02 Å². The monoisotopic (exact) mass is 494 g/mol. The fourth-order valence-electron chi connectivity index (χ4n) is 2.94. The summed E-state index contributed by atoms with van der Waals surface area (Å²) in [6.45, 7) is 0.418. The van der Waals surface area contributed by atoms with Gasteiger partial charge < -0.3 is 15.3 Å². The van der Waals surface area contributed by atoms with E-state index in [1.165, 1.54) is 16.4 Å². The van der Waals surface area contributed by atoms with Crippen LogP contribution in [0, 0.1) is 0 Å². The summed E-state index contributed by atoms with van der Waals surface area (Å²) in [7, 11) is 1.64. The molecule has 0 radical (unpaired) electrons. The number of hydrogen-bond donors (Lipinski definition) is 2. The van der Waals surface area contributed by atoms with Gasteiger partial charge in [-0.15, -0.1) is 10.2 Å². The number of benzene rings is 3. The number of nitrogens with zero attached hydrogens (tertiary/aromatic N) is 4. The summed E-state index contributed by atoms with van der Waals surface area (Å²) in [6, 6.07) is 23.0. The zero-order valence-corrected chi connectivity index (χ0v) is 20.0. The molecule has 3 N–H and O–H groups in total. The number of methoxy groups -OCH3 is 1. The average molecular weight is 495 g/mol. The SMILES string of the molecule is COc1ccc(CSc2nnc(N/N=C/c3ccccc3OCc3ccc(Cl)cc3)n2N)cc1. The Morgan fingerprint density at radius 3 is 2.53 bits per heavy atom. The number of hydrazone groups is 1. The molecule has 1 aromatic heterocycles. The van der Waals surface area contributed by atoms with E-state index >= 15 is 0 Å². The summed E-state index contributed by atoms with van der Waals surface area (Å²) in [5, 5.41) is 13.7. The number of nitrogens with one attached hydrogen (secondary N) is 1. The quantitative estimate of drug-likeness (QED) is 0.139. The van der Waals surface area contributed by atoms with Crippen LogP contribution in [0.3, 0.4) is 0 Å². The fraction of sp³-hybridized carbons (Fsp3) is 0.125. The van der Waals surface area contributed by atoms with Gasteiger partial charge in [0.15, 0.2) is 0 Å². The molecule has 34 heavy (non-hydrogen) atoms. The van der Waals surface area contributed by atoms with E-state index < -0.39 is 0 Å². The van der Waals surface area contributed by atoms with Crippen LogP contribution in [0.25, 0.3) is 0 Å². The predicted octanol–water partition coefficient (Wildman–Crippen LogP) is 4.97. The Labute approximate surface area is 206 Å². The molecule has 0 spiro atoms. The van der Waals surface area contributed by atoms with Gasteiger partial charge in [-0.25, -0.2) is 10.1 Å². The van der Waals surface area contributed by atoms with E-state index in [0.717, 1.165) is 22.4 Å². The molecule has 0 amide bonds. The predicted molar refractivity (Wildman–Crippen MR) is 136 cm³/mol. The number of para-hydroxylation sites is 1. The zero-order chi connectivity index (χ0) is 23.8. The summed E-state index contributed by atoms with van der Waals surface area (Å²) >= 11 is 7.41. The second kappa shape index (κ2) is 11.4. The molecule has 0 saturated heterocycles. The molecule has 4 rings (SSSR count). The Morgan fingerprint density at radius 2 is 1.76 bits per heavy atom. The number of ether oxygens (including phenoxy) is 2. The first-order chi connectivity index (χ1) is 16.6. The number of thioether (sulfide) groups is 1. The van der Waals surface area contributed by atoms with Crippen LogP contribution in [0.4, 0.5) is 5.95 Å². The van der Waals surface area contributed by atoms with Gasteiger partial charge in [-0.1, -0.05) is 59.8 Å². The molecule has 4 aromatic rings. The lowest BCUT2D eigenvalue weighted by Crippen LogP contribution is -2.13. The molecule has 3 aromatic carbocycles. The third-order valence-corrected chi connectivity index (χ3v) is 6.05. The summed E-state index contributed by atoms with van der Waals surface area (Å²) in [4.78, 5) is 0. The van der Waals surface area contributed by atoms with E-state index in [9.17, 15) is 0 Å². The van der Waals surface area contributed by atoms with Crippen molar-refractivity contribution in [2.24, 2.45) is 5.10 Å². The molecule has 0 bridgehead atoms. The first-order valence-corrected chi connectivity index (χ1v) is 11.7. The van der Waals surface area contributed by atoms with Crippen LogP contribution >= 0.6 is 23.4 Å². The topological polar surface area (TPSA) is 99.6 Å². The fourth-order valence-corrected chi connectivity index (χ4v) is 3.88. The zero-order valence-electron chi connectivity index (χ0n) is 18.4. The molecule has 0 saturated carbocycles. The average Bonchev–Trinajstić information content (AvgIpc) is 3.22. The number of hydrogen-bond acceptors (Lipinski definition) is 8. The van der Waals surface area contributed by atoms with E-state index in [1.54, 1.807) is 13.3 Å². The smallest absolute Gasteiger partial charge is 0.264 e. The van der Waals surface area contributed by atoms with Gasteiger partial charge in [-0.05, 0) is 47.5 Å². The summed E-state index contributed by atoms with van der Waals surface area (Å²) in [6.07, 6.45) is 1.65. The standard InChI is InChI=1S/C24H23ClN6O2S/c1-32-21-12-8-18(9-13-21)16-34-24-30-29-23(31(24)26)28-27-14-19-4-2-3-5-22(19)33-15-17-6-10-20(25)11-7-17/h2-14H,15-16,26H2,1H3,(H,28,29)/b27-14+. The number of rotatable bonds is 10. The number of nitrogen functional groups attached to an aromatic ring is 1. The Balaban J connectivity index is 1.34. The van der Waals surface area contributed by atoms with Gasteiger partial charge in [-0.2, -0.15) is 5.10 Å². The minimum Gasteiger partial charge on any atom is -0.497 e. The molecule has 1 heterocycles. The molecule has 174 valence electrons. The Bertz CT molecular complexity index is 1250. The lowest BCUT2D eigenvalue weighted by molar-refractivity contribution is 0.306. The molecule has 0 fully saturated rings. The van der Waals surface area contributed by atoms with Gasteiger partial charge in [0.1, 0.15) is 18.1 Å². The van der Waals surface area contributed by atoms with E-state index in [4.69, 9.17) is 26.9 Å². The van der Waals surface area contributed by atoms with Crippen molar-refractivity contribution in [3.63, 3.8) is 0 Å². The van der Waals surface area contributed by atoms with Gasteiger partial charge >= 0.3 is 0 Å². The number of halogens is 1. The molecule has 0 aliphatic carbocycles. The maximum Gasteiger partial charge on any atom is 0.264 e. The normalized spacial score (nSPS) is 11.0. The number of aromatic nitrogens is 3. The molecular weight excluding hydrogens is 472 g/mol. The molecule has 0 aliphatic rings. The van der Waals surface area contributed by atoms with Crippen molar-refractivity contribution >= 4 is 35.5 Å². The Kier molecular flexibility index (Phi) is 7.90. The van der Waals surface area contributed by atoms with Gasteiger partial charge in [0.05, 0.1) is 13.3 Å². The lowest BCUT2D eigenvalue weighted by atomic mass is 10.2. The molecule has 0 aliphatic heterocycles. The van der Waals surface area contributed by atoms with E-state index in [0.29, 0.717) is 34.2 Å². The van der Waals surface area contributed by atoms with Crippen LogP contribution in [-0.4, -0.2) is 28.2 Å². The first kappa shape index (κ1) is 23.5. The van der Waals surface area contributed by atoms with Crippen LogP contribution in [0.5, 0.6) is 11.5 Å². The van der Waals surface area contributed by atoms with Gasteiger partial charge in [0, 0.05) is 16.3 Å². The van der Waals surface area contributed by atoms with Crippen LogP contribution in [0.15, 0.2) is 83.1 Å². The Morgan fingerprint density at radius 1 is 1.03 bits per heavy atom. The Hall–Kier alpha value is -3.69. The maximum atomic E-state index is 6.13. The molecule has 10 heteroatoms. The van der Waals surface area contributed by atoms with Crippen molar-refractivity contribution in [3.05, 3.63) is 94.5 Å². The minimum absolute atomic E-state index is 0.327. The van der Waals surface area contributed by atoms with Crippen LogP contribution < -0.4 is 20.7 Å². The third kappa shape index (κ3) is 6.21. The highest BCUT2D eigenvalue weighted by Crippen LogP contribution is 2.23. The van der Waals surface area contributed by atoms with Gasteiger partial charge in [0.25, 0.3) is 5.95 Å². The molecule has 0 atom stereocenters. The number of nitrogens with two attached hydrogens (primary N) is 1. The van der Waals surface area contributed by atoms with Crippen molar-refractivity contribution < 1.29 is 9.47 Å². The van der Waals surface area contributed by atoms with Crippen molar-refractivity contribution in [2.45, 2.75) is 17.5 Å². The highest BCUT2D eigenvalue weighted by Gasteiger charge is 2.10. The highest BCUT2D eigenvalue weighted by atomic mass is 35.5. The highest BCUT2D eigenvalue weighted by molar-refractivity contribution is 7.98. The third-order valence-electron chi connectivity index (χ3n) is 4.79. The van der Waals surface area contributed by atoms with Crippen LogP contribution in [-0.2, 0) is 12.4 Å². The van der Waals surface area contributed by atoms with E-state index in [-0.39, 0.29) is 0 Å². The molecular formula is C24H23ClN6O2S. The summed E-state index contributed by atoms with van der Waals surface area (Å²) in [5.41, 5.74) is 5.78.